The Kier molecular flexibility index (Phi) is 3.89. The molecule has 2 aliphatic heterocycles. The van der Waals surface area contributed by atoms with Gasteiger partial charge in [-0.15, -0.1) is 0 Å². The summed E-state index contributed by atoms with van der Waals surface area (Å²) in [6.45, 7) is 3.08. The van der Waals surface area contributed by atoms with Crippen LogP contribution in [0.4, 0.5) is 5.69 Å². The Morgan fingerprint density at radius 3 is 2.45 bits per heavy atom. The lowest BCUT2D eigenvalue weighted by atomic mass is 10.0. The van der Waals surface area contributed by atoms with Crippen molar-refractivity contribution in [1.82, 2.24) is 4.90 Å². The largest absolute Gasteiger partial charge is 0.376 e. The molecule has 2 fully saturated rings. The second kappa shape index (κ2) is 5.81. The third-order valence-corrected chi connectivity index (χ3v) is 3.91. The highest BCUT2D eigenvalue weighted by atomic mass is 16.7. The van der Waals surface area contributed by atoms with Crippen LogP contribution in [-0.2, 0) is 14.3 Å². The van der Waals surface area contributed by atoms with E-state index in [1.165, 1.54) is 0 Å². The molecule has 2 heterocycles. The number of piperidine rings is 1. The molecule has 1 aromatic carbocycles. The molecule has 0 unspecified atom stereocenters. The normalized spacial score (nSPS) is 21.1. The fourth-order valence-electron chi connectivity index (χ4n) is 2.73. The molecule has 1 N–H and O–H groups in total. The summed E-state index contributed by atoms with van der Waals surface area (Å²) >= 11 is 0. The van der Waals surface area contributed by atoms with Crippen molar-refractivity contribution in [2.24, 2.45) is 0 Å². The predicted octanol–water partition coefficient (Wildman–Crippen LogP) is 1.46. The van der Waals surface area contributed by atoms with E-state index in [0.29, 0.717) is 32.8 Å². The molecule has 1 amide bonds. The van der Waals surface area contributed by atoms with E-state index in [9.17, 15) is 4.79 Å². The van der Waals surface area contributed by atoms with Gasteiger partial charge in [0.2, 0.25) is 5.91 Å². The van der Waals surface area contributed by atoms with Crippen molar-refractivity contribution in [2.45, 2.75) is 18.6 Å². The Morgan fingerprint density at radius 2 is 1.80 bits per heavy atom. The Morgan fingerprint density at radius 1 is 1.15 bits per heavy atom. The van der Waals surface area contributed by atoms with Gasteiger partial charge >= 0.3 is 0 Å². The average molecular weight is 276 g/mol. The molecule has 5 heteroatoms. The zero-order chi connectivity index (χ0) is 13.8. The standard InChI is InChI=1S/C15H20N2O3/c18-14(12-16-13-4-2-1-3-5-13)17-8-6-15(7-9-17)19-10-11-20-15/h1-5,16H,6-12H2. The van der Waals surface area contributed by atoms with Gasteiger partial charge in [0.25, 0.3) is 0 Å². The second-order valence-corrected chi connectivity index (χ2v) is 5.21. The van der Waals surface area contributed by atoms with Crippen molar-refractivity contribution >= 4 is 11.6 Å². The first-order valence-electron chi connectivity index (χ1n) is 7.12. The fourth-order valence-corrected chi connectivity index (χ4v) is 2.73. The second-order valence-electron chi connectivity index (χ2n) is 5.21. The number of nitrogens with zero attached hydrogens (tertiary/aromatic N) is 1. The maximum absolute atomic E-state index is 12.2. The topological polar surface area (TPSA) is 50.8 Å². The van der Waals surface area contributed by atoms with Gasteiger partial charge in [0.15, 0.2) is 5.79 Å². The van der Waals surface area contributed by atoms with Gasteiger partial charge in [-0.1, -0.05) is 18.2 Å². The molecule has 1 aromatic rings. The van der Waals surface area contributed by atoms with E-state index < -0.39 is 5.79 Å². The van der Waals surface area contributed by atoms with Gasteiger partial charge in [-0.2, -0.15) is 0 Å². The molecular formula is C15H20N2O3. The maximum atomic E-state index is 12.2. The van der Waals surface area contributed by atoms with Gasteiger partial charge in [0.1, 0.15) is 0 Å². The van der Waals surface area contributed by atoms with E-state index in [4.69, 9.17) is 9.47 Å². The number of hydrogen-bond acceptors (Lipinski definition) is 4. The first-order valence-corrected chi connectivity index (χ1v) is 7.12. The van der Waals surface area contributed by atoms with Gasteiger partial charge < -0.3 is 19.7 Å². The van der Waals surface area contributed by atoms with E-state index in [0.717, 1.165) is 18.5 Å². The first kappa shape index (κ1) is 13.4. The molecular weight excluding hydrogens is 256 g/mol. The summed E-state index contributed by atoms with van der Waals surface area (Å²) in [6.07, 6.45) is 1.54. The number of amides is 1. The van der Waals surface area contributed by atoms with Gasteiger partial charge in [0, 0.05) is 31.6 Å². The Balaban J connectivity index is 1.47. The molecule has 0 aliphatic carbocycles. The third kappa shape index (κ3) is 2.94. The SMILES string of the molecule is O=C(CNc1ccccc1)N1CCC2(CC1)OCCO2. The Labute approximate surface area is 118 Å². The van der Waals surface area contributed by atoms with Crippen LogP contribution in [0.1, 0.15) is 12.8 Å². The summed E-state index contributed by atoms with van der Waals surface area (Å²) in [5.41, 5.74) is 0.969. The molecule has 5 nitrogen and oxygen atoms in total. The fraction of sp³-hybridized carbons (Fsp3) is 0.533. The minimum absolute atomic E-state index is 0.127. The van der Waals surface area contributed by atoms with Crippen LogP contribution in [0.25, 0.3) is 0 Å². The van der Waals surface area contributed by atoms with Crippen molar-refractivity contribution in [3.8, 4) is 0 Å². The van der Waals surface area contributed by atoms with Crippen LogP contribution in [0.15, 0.2) is 30.3 Å². The van der Waals surface area contributed by atoms with Gasteiger partial charge in [-0.25, -0.2) is 0 Å². The van der Waals surface area contributed by atoms with Crippen LogP contribution >= 0.6 is 0 Å². The van der Waals surface area contributed by atoms with Gasteiger partial charge in [0.05, 0.1) is 19.8 Å². The Bertz CT molecular complexity index is 447. The molecule has 0 bridgehead atoms. The molecule has 1 spiro atoms. The number of benzene rings is 1. The van der Waals surface area contributed by atoms with Crippen LogP contribution in [0.3, 0.4) is 0 Å². The molecule has 0 radical (unpaired) electrons. The van der Waals surface area contributed by atoms with Crippen molar-refractivity contribution in [2.75, 3.05) is 38.2 Å². The molecule has 0 aromatic heterocycles. The number of ether oxygens (including phenoxy) is 2. The smallest absolute Gasteiger partial charge is 0.241 e. The molecule has 3 rings (SSSR count). The van der Waals surface area contributed by atoms with Crippen LogP contribution in [0, 0.1) is 0 Å². The summed E-state index contributed by atoms with van der Waals surface area (Å²) in [6, 6.07) is 9.77. The highest BCUT2D eigenvalue weighted by Gasteiger charge is 2.40. The van der Waals surface area contributed by atoms with Crippen molar-refractivity contribution in [1.29, 1.82) is 0 Å². The summed E-state index contributed by atoms with van der Waals surface area (Å²) in [4.78, 5) is 14.0. The zero-order valence-electron chi connectivity index (χ0n) is 11.5. The number of rotatable bonds is 3. The highest BCUT2D eigenvalue weighted by Crippen LogP contribution is 2.31. The number of nitrogens with one attached hydrogen (secondary N) is 1. The number of hydrogen-bond donors (Lipinski definition) is 1. The molecule has 2 aliphatic rings. The van der Waals surface area contributed by atoms with E-state index in [1.54, 1.807) is 0 Å². The number of likely N-dealkylation sites (tertiary alicyclic amines) is 1. The van der Waals surface area contributed by atoms with Crippen LogP contribution in [0.5, 0.6) is 0 Å². The minimum atomic E-state index is -0.413. The quantitative estimate of drug-likeness (QED) is 0.908. The van der Waals surface area contributed by atoms with Gasteiger partial charge in [-0.05, 0) is 12.1 Å². The van der Waals surface area contributed by atoms with Crippen LogP contribution < -0.4 is 5.32 Å². The molecule has 108 valence electrons. The summed E-state index contributed by atoms with van der Waals surface area (Å²) < 4.78 is 11.3. The van der Waals surface area contributed by atoms with Crippen molar-refractivity contribution < 1.29 is 14.3 Å². The summed E-state index contributed by atoms with van der Waals surface area (Å²) in [5, 5.41) is 3.15. The molecule has 2 saturated heterocycles. The summed E-state index contributed by atoms with van der Waals surface area (Å²) in [7, 11) is 0. The van der Waals surface area contributed by atoms with E-state index in [1.807, 2.05) is 35.2 Å². The molecule has 20 heavy (non-hydrogen) atoms. The number of carbonyl (C=O) groups is 1. The monoisotopic (exact) mass is 276 g/mol. The van der Waals surface area contributed by atoms with E-state index in [2.05, 4.69) is 5.32 Å². The first-order chi connectivity index (χ1) is 9.77. The lowest BCUT2D eigenvalue weighted by Crippen LogP contribution is -2.48. The van der Waals surface area contributed by atoms with Crippen LogP contribution in [-0.4, -0.2) is 49.4 Å². The lowest BCUT2D eigenvalue weighted by molar-refractivity contribution is -0.187. The maximum Gasteiger partial charge on any atom is 0.241 e. The summed E-state index contributed by atoms with van der Waals surface area (Å²) in [5.74, 6) is -0.286. The number of anilines is 1. The van der Waals surface area contributed by atoms with Gasteiger partial charge in [-0.3, -0.25) is 4.79 Å². The van der Waals surface area contributed by atoms with Crippen molar-refractivity contribution in [3.63, 3.8) is 0 Å². The number of para-hydroxylation sites is 1. The average Bonchev–Trinajstić information content (AvgIpc) is 2.95. The van der Waals surface area contributed by atoms with Crippen LogP contribution in [0.2, 0.25) is 0 Å². The predicted molar refractivity (Wildman–Crippen MR) is 75.4 cm³/mol. The number of carbonyl (C=O) groups excluding carboxylic acids is 1. The molecule has 0 atom stereocenters. The third-order valence-electron chi connectivity index (χ3n) is 3.91. The van der Waals surface area contributed by atoms with E-state index >= 15 is 0 Å². The Hall–Kier alpha value is -1.59. The van der Waals surface area contributed by atoms with Crippen molar-refractivity contribution in [3.05, 3.63) is 30.3 Å². The minimum Gasteiger partial charge on any atom is -0.376 e. The lowest BCUT2D eigenvalue weighted by Gasteiger charge is -2.37. The highest BCUT2D eigenvalue weighted by molar-refractivity contribution is 5.80. The molecule has 0 saturated carbocycles. The van der Waals surface area contributed by atoms with E-state index in [-0.39, 0.29) is 5.91 Å². The zero-order valence-corrected chi connectivity index (χ0v) is 11.5.